The van der Waals surface area contributed by atoms with E-state index in [0.717, 1.165) is 11.4 Å². The van der Waals surface area contributed by atoms with E-state index in [4.69, 9.17) is 0 Å². The summed E-state index contributed by atoms with van der Waals surface area (Å²) in [5, 5.41) is 13.3. The lowest BCUT2D eigenvalue weighted by Crippen LogP contribution is -2.12. The van der Waals surface area contributed by atoms with E-state index in [2.05, 4.69) is 15.0 Å². The molecule has 0 fully saturated rings. The molecule has 1 aromatic heterocycles. The third kappa shape index (κ3) is 3.36. The second-order valence-electron chi connectivity index (χ2n) is 5.29. The number of H-pyrrole nitrogens is 1. The first-order chi connectivity index (χ1) is 11.5. The van der Waals surface area contributed by atoms with Crippen molar-refractivity contribution in [3.63, 3.8) is 0 Å². The maximum atomic E-state index is 12.3. The molecule has 0 unspecified atom stereocenters. The fraction of sp³-hybridized carbons (Fsp3) is 0.0588. The summed E-state index contributed by atoms with van der Waals surface area (Å²) >= 11 is 0. The van der Waals surface area contributed by atoms with Gasteiger partial charge in [0.1, 0.15) is 5.75 Å². The molecule has 4 N–H and O–H groups in total. The first-order valence-electron chi connectivity index (χ1n) is 7.27. The normalized spacial score (nSPS) is 11.2. The van der Waals surface area contributed by atoms with Crippen molar-refractivity contribution in [1.29, 1.82) is 0 Å². The number of sulfonamides is 1. The molecular weight excluding hydrogens is 326 g/mol. The van der Waals surface area contributed by atoms with Gasteiger partial charge in [-0.05, 0) is 37.3 Å². The summed E-state index contributed by atoms with van der Waals surface area (Å²) in [6.07, 6.45) is 1.81. The maximum Gasteiger partial charge on any atom is 0.262 e. The molecule has 0 radical (unpaired) electrons. The number of anilines is 3. The van der Waals surface area contributed by atoms with Gasteiger partial charge in [-0.1, -0.05) is 18.2 Å². The zero-order valence-corrected chi connectivity index (χ0v) is 13.8. The summed E-state index contributed by atoms with van der Waals surface area (Å²) in [4.78, 5) is 3.18. The Labute approximate surface area is 140 Å². The van der Waals surface area contributed by atoms with Crippen LogP contribution in [0.2, 0.25) is 0 Å². The van der Waals surface area contributed by atoms with E-state index in [-0.39, 0.29) is 16.3 Å². The lowest BCUT2D eigenvalue weighted by atomic mass is 10.2. The lowest BCUT2D eigenvalue weighted by molar-refractivity contribution is 0.478. The third-order valence-corrected chi connectivity index (χ3v) is 4.91. The molecule has 1 heterocycles. The molecule has 0 aliphatic heterocycles. The van der Waals surface area contributed by atoms with Gasteiger partial charge >= 0.3 is 0 Å². The maximum absolute atomic E-state index is 12.3. The Morgan fingerprint density at radius 3 is 2.38 bits per heavy atom. The van der Waals surface area contributed by atoms with Gasteiger partial charge in [0.2, 0.25) is 0 Å². The molecule has 6 nitrogen and oxygen atoms in total. The van der Waals surface area contributed by atoms with E-state index in [0.29, 0.717) is 5.69 Å². The van der Waals surface area contributed by atoms with Crippen LogP contribution in [0.5, 0.6) is 5.75 Å². The largest absolute Gasteiger partial charge is 0.506 e. The second-order valence-corrected chi connectivity index (χ2v) is 6.97. The van der Waals surface area contributed by atoms with Crippen molar-refractivity contribution in [3.05, 3.63) is 66.5 Å². The Morgan fingerprint density at radius 2 is 1.75 bits per heavy atom. The summed E-state index contributed by atoms with van der Waals surface area (Å²) in [6, 6.07) is 14.5. The molecule has 24 heavy (non-hydrogen) atoms. The topological polar surface area (TPSA) is 94.2 Å². The predicted octanol–water partition coefficient (Wildman–Crippen LogP) is 3.57. The van der Waals surface area contributed by atoms with Crippen LogP contribution in [0.25, 0.3) is 0 Å². The number of phenols is 1. The van der Waals surface area contributed by atoms with Gasteiger partial charge in [-0.15, -0.1) is 0 Å². The smallest absolute Gasteiger partial charge is 0.262 e. The van der Waals surface area contributed by atoms with Crippen LogP contribution in [0.15, 0.2) is 65.7 Å². The van der Waals surface area contributed by atoms with Crippen molar-refractivity contribution < 1.29 is 13.5 Å². The minimum Gasteiger partial charge on any atom is -0.506 e. The summed E-state index contributed by atoms with van der Waals surface area (Å²) in [6.45, 7) is 1.92. The highest BCUT2D eigenvalue weighted by atomic mass is 32.2. The average Bonchev–Trinajstić information content (AvgIpc) is 2.96. The highest BCUT2D eigenvalue weighted by Gasteiger charge is 2.15. The van der Waals surface area contributed by atoms with Crippen molar-refractivity contribution in [3.8, 4) is 5.75 Å². The van der Waals surface area contributed by atoms with Gasteiger partial charge in [-0.25, -0.2) is 8.42 Å². The van der Waals surface area contributed by atoms with E-state index in [1.54, 1.807) is 30.5 Å². The number of phenolic OH excluding ortho intramolecular Hbond substituents is 1. The molecule has 7 heteroatoms. The van der Waals surface area contributed by atoms with Crippen LogP contribution in [0.4, 0.5) is 17.1 Å². The van der Waals surface area contributed by atoms with Crippen LogP contribution >= 0.6 is 0 Å². The fourth-order valence-electron chi connectivity index (χ4n) is 2.24. The van der Waals surface area contributed by atoms with Crippen LogP contribution in [0.3, 0.4) is 0 Å². The van der Waals surface area contributed by atoms with E-state index < -0.39 is 10.0 Å². The molecule has 0 spiro atoms. The van der Waals surface area contributed by atoms with Crippen molar-refractivity contribution in [2.75, 3.05) is 10.0 Å². The van der Waals surface area contributed by atoms with E-state index in [9.17, 15) is 13.5 Å². The first kappa shape index (κ1) is 15.9. The highest BCUT2D eigenvalue weighted by Crippen LogP contribution is 2.30. The molecule has 0 atom stereocenters. The molecule has 124 valence electrons. The molecule has 3 rings (SSSR count). The SMILES string of the molecule is Cc1[nH]ccc1Nc1ccc(NS(=O)(=O)c2ccccc2)c(O)c1. The number of aromatic nitrogens is 1. The second kappa shape index (κ2) is 6.29. The van der Waals surface area contributed by atoms with Gasteiger partial charge in [0.05, 0.1) is 16.3 Å². The van der Waals surface area contributed by atoms with Crippen LogP contribution in [-0.2, 0) is 10.0 Å². The summed E-state index contributed by atoms with van der Waals surface area (Å²) < 4.78 is 27.0. The Balaban J connectivity index is 1.82. The lowest BCUT2D eigenvalue weighted by Gasteiger charge is -2.12. The van der Waals surface area contributed by atoms with Gasteiger partial charge in [-0.3, -0.25) is 4.72 Å². The third-order valence-electron chi connectivity index (χ3n) is 3.53. The minimum absolute atomic E-state index is 0.121. The van der Waals surface area contributed by atoms with Crippen molar-refractivity contribution in [2.24, 2.45) is 0 Å². The van der Waals surface area contributed by atoms with Gasteiger partial charge in [0, 0.05) is 23.6 Å². The summed E-state index contributed by atoms with van der Waals surface area (Å²) in [7, 11) is -3.74. The number of rotatable bonds is 5. The molecule has 0 bridgehead atoms. The van der Waals surface area contributed by atoms with E-state index in [1.807, 2.05) is 13.0 Å². The van der Waals surface area contributed by atoms with Crippen LogP contribution in [0.1, 0.15) is 5.69 Å². The van der Waals surface area contributed by atoms with Crippen molar-refractivity contribution in [1.82, 2.24) is 4.98 Å². The number of nitrogens with one attached hydrogen (secondary N) is 3. The molecule has 0 saturated heterocycles. The Hall–Kier alpha value is -2.93. The fourth-order valence-corrected chi connectivity index (χ4v) is 3.34. The number of aromatic amines is 1. The van der Waals surface area contributed by atoms with Crippen LogP contribution in [-0.4, -0.2) is 18.5 Å². The van der Waals surface area contributed by atoms with Crippen molar-refractivity contribution >= 4 is 27.1 Å². The Bertz CT molecular complexity index is 950. The molecule has 2 aromatic carbocycles. The number of aromatic hydroxyl groups is 1. The van der Waals surface area contributed by atoms with Gasteiger partial charge < -0.3 is 15.4 Å². The monoisotopic (exact) mass is 343 g/mol. The summed E-state index contributed by atoms with van der Waals surface area (Å²) in [5.41, 5.74) is 2.61. The number of aryl methyl sites for hydroxylation is 1. The molecule has 3 aromatic rings. The highest BCUT2D eigenvalue weighted by molar-refractivity contribution is 7.92. The molecule has 0 saturated carbocycles. The van der Waals surface area contributed by atoms with Crippen molar-refractivity contribution in [2.45, 2.75) is 11.8 Å². The quantitative estimate of drug-likeness (QED) is 0.533. The molecule has 0 aliphatic rings. The number of hydrogen-bond acceptors (Lipinski definition) is 4. The standard InChI is InChI=1S/C17H17N3O3S/c1-12-15(9-10-18-12)19-13-7-8-16(17(21)11-13)20-24(22,23)14-5-3-2-4-6-14/h2-11,18-21H,1H3. The molecule has 0 amide bonds. The Morgan fingerprint density at radius 1 is 1.00 bits per heavy atom. The minimum atomic E-state index is -3.74. The average molecular weight is 343 g/mol. The number of hydrogen-bond donors (Lipinski definition) is 4. The van der Waals surface area contributed by atoms with Gasteiger partial charge in [0.15, 0.2) is 0 Å². The van der Waals surface area contributed by atoms with Gasteiger partial charge in [-0.2, -0.15) is 0 Å². The van der Waals surface area contributed by atoms with Crippen LogP contribution < -0.4 is 10.0 Å². The zero-order valence-electron chi connectivity index (χ0n) is 12.9. The van der Waals surface area contributed by atoms with Crippen LogP contribution in [0, 0.1) is 6.92 Å². The van der Waals surface area contributed by atoms with E-state index >= 15 is 0 Å². The van der Waals surface area contributed by atoms with E-state index in [1.165, 1.54) is 24.3 Å². The predicted molar refractivity (Wildman–Crippen MR) is 94.2 cm³/mol. The Kier molecular flexibility index (Phi) is 4.18. The van der Waals surface area contributed by atoms with Gasteiger partial charge in [0.25, 0.3) is 10.0 Å². The number of benzene rings is 2. The zero-order chi connectivity index (χ0) is 17.2. The molecule has 0 aliphatic carbocycles. The first-order valence-corrected chi connectivity index (χ1v) is 8.76. The summed E-state index contributed by atoms with van der Waals surface area (Å²) in [5.74, 6) is -0.160. The molecular formula is C17H17N3O3S.